The molecule has 0 radical (unpaired) electrons. The van der Waals surface area contributed by atoms with Gasteiger partial charge in [-0.3, -0.25) is 4.55 Å². The second-order valence-electron chi connectivity index (χ2n) is 4.67. The van der Waals surface area contributed by atoms with Gasteiger partial charge in [-0.15, -0.1) is 9.38 Å². The van der Waals surface area contributed by atoms with E-state index < -0.39 is 22.5 Å². The standard InChI is InChI=1S/C8H12N6O5S/c1-12-7(9-10-11-12)6-3-2-5-4-13(6)8(15)14(5)19-20(16,17)18/h5-6H,2-4H2,1H3,(H,16,17,18)/t5-,6?/m1/s1. The van der Waals surface area contributed by atoms with Crippen molar-refractivity contribution in [3.63, 3.8) is 0 Å². The molecule has 2 aliphatic heterocycles. The Labute approximate surface area is 114 Å². The Morgan fingerprint density at radius 3 is 2.75 bits per heavy atom. The van der Waals surface area contributed by atoms with Crippen molar-refractivity contribution in [3.05, 3.63) is 5.82 Å². The predicted molar refractivity (Wildman–Crippen MR) is 61.1 cm³/mol. The third-order valence-corrected chi connectivity index (χ3v) is 3.80. The van der Waals surface area contributed by atoms with Crippen LogP contribution < -0.4 is 0 Å². The molecule has 3 rings (SSSR count). The fourth-order valence-corrected chi connectivity index (χ4v) is 3.01. The van der Waals surface area contributed by atoms with E-state index in [2.05, 4.69) is 19.8 Å². The fraction of sp³-hybridized carbons (Fsp3) is 0.750. The summed E-state index contributed by atoms with van der Waals surface area (Å²) in [6.07, 6.45) is 1.10. The van der Waals surface area contributed by atoms with E-state index in [9.17, 15) is 13.2 Å². The van der Waals surface area contributed by atoms with Gasteiger partial charge in [-0.2, -0.15) is 13.5 Å². The number of carbonyl (C=O) groups excluding carboxylic acids is 1. The Hall–Kier alpha value is -1.79. The number of urea groups is 1. The Morgan fingerprint density at radius 2 is 2.15 bits per heavy atom. The quantitative estimate of drug-likeness (QED) is 0.695. The lowest BCUT2D eigenvalue weighted by atomic mass is 10.0. The van der Waals surface area contributed by atoms with E-state index >= 15 is 0 Å². The van der Waals surface area contributed by atoms with Crippen LogP contribution in [0.3, 0.4) is 0 Å². The third-order valence-electron chi connectivity index (χ3n) is 3.45. The number of hydrogen-bond acceptors (Lipinski definition) is 7. The van der Waals surface area contributed by atoms with Crippen LogP contribution in [-0.4, -0.2) is 61.8 Å². The molecule has 2 fully saturated rings. The minimum atomic E-state index is -4.73. The highest BCUT2D eigenvalue weighted by atomic mass is 32.3. The molecule has 2 saturated heterocycles. The molecule has 3 heterocycles. The van der Waals surface area contributed by atoms with Gasteiger partial charge in [-0.1, -0.05) is 0 Å². The normalized spacial score (nSPS) is 26.4. The molecule has 0 aromatic carbocycles. The van der Waals surface area contributed by atoms with Gasteiger partial charge in [0.1, 0.15) is 0 Å². The second-order valence-corrected chi connectivity index (χ2v) is 5.68. The average Bonchev–Trinajstić information content (AvgIpc) is 2.87. The summed E-state index contributed by atoms with van der Waals surface area (Å²) in [6.45, 7) is 0.297. The summed E-state index contributed by atoms with van der Waals surface area (Å²) in [4.78, 5) is 13.6. The number of amides is 2. The monoisotopic (exact) mass is 304 g/mol. The van der Waals surface area contributed by atoms with Gasteiger partial charge in [0, 0.05) is 13.6 Å². The van der Waals surface area contributed by atoms with Crippen LogP contribution in [0.1, 0.15) is 24.7 Å². The van der Waals surface area contributed by atoms with Gasteiger partial charge in [0.15, 0.2) is 5.82 Å². The molecule has 110 valence electrons. The molecule has 1 aromatic rings. The van der Waals surface area contributed by atoms with Crippen molar-refractivity contribution in [2.24, 2.45) is 7.05 Å². The minimum absolute atomic E-state index is 0.297. The molecule has 1 aromatic heterocycles. The summed E-state index contributed by atoms with van der Waals surface area (Å²) in [6, 6.07) is -1.38. The number of hydrogen-bond donors (Lipinski definition) is 1. The van der Waals surface area contributed by atoms with Crippen molar-refractivity contribution in [3.8, 4) is 0 Å². The molecule has 2 amide bonds. The SMILES string of the molecule is Cn1nnnc1C1CC[C@@H]2CN1C(=O)N2OS(=O)(=O)O. The van der Waals surface area contributed by atoms with E-state index in [0.717, 1.165) is 0 Å². The molecule has 1 N–H and O–H groups in total. The first-order chi connectivity index (χ1) is 9.37. The van der Waals surface area contributed by atoms with Crippen LogP contribution in [0.15, 0.2) is 0 Å². The molecule has 11 nitrogen and oxygen atoms in total. The zero-order chi connectivity index (χ0) is 14.5. The van der Waals surface area contributed by atoms with Crippen molar-refractivity contribution in [1.82, 2.24) is 30.2 Å². The number of tetrazole rings is 1. The van der Waals surface area contributed by atoms with E-state index in [4.69, 9.17) is 4.55 Å². The van der Waals surface area contributed by atoms with Crippen molar-refractivity contribution in [2.45, 2.75) is 24.9 Å². The maximum absolute atomic E-state index is 12.2. The molecule has 2 atom stereocenters. The van der Waals surface area contributed by atoms with Gasteiger partial charge in [0.05, 0.1) is 12.1 Å². The van der Waals surface area contributed by atoms with E-state index in [1.807, 2.05) is 0 Å². The van der Waals surface area contributed by atoms with Crippen LogP contribution in [0.2, 0.25) is 0 Å². The van der Waals surface area contributed by atoms with Crippen molar-refractivity contribution >= 4 is 16.4 Å². The highest BCUT2D eigenvalue weighted by Gasteiger charge is 2.48. The summed E-state index contributed by atoms with van der Waals surface area (Å²) in [5, 5.41) is 11.8. The smallest absolute Gasteiger partial charge is 0.310 e. The number of rotatable bonds is 3. The van der Waals surface area contributed by atoms with E-state index in [1.165, 1.54) is 9.58 Å². The molecule has 20 heavy (non-hydrogen) atoms. The number of fused-ring (bicyclic) bond motifs is 2. The zero-order valence-corrected chi connectivity index (χ0v) is 11.3. The van der Waals surface area contributed by atoms with E-state index in [-0.39, 0.29) is 6.04 Å². The van der Waals surface area contributed by atoms with Gasteiger partial charge >= 0.3 is 16.4 Å². The third kappa shape index (κ3) is 2.10. The van der Waals surface area contributed by atoms with Gasteiger partial charge in [-0.05, 0) is 23.3 Å². The molecule has 0 spiro atoms. The first-order valence-corrected chi connectivity index (χ1v) is 7.22. The Balaban J connectivity index is 1.86. The van der Waals surface area contributed by atoms with E-state index in [1.54, 1.807) is 7.05 Å². The Kier molecular flexibility index (Phi) is 2.88. The van der Waals surface area contributed by atoms with Crippen molar-refractivity contribution in [1.29, 1.82) is 0 Å². The van der Waals surface area contributed by atoms with Gasteiger partial charge in [0.25, 0.3) is 0 Å². The second kappa shape index (κ2) is 4.36. The molecule has 0 saturated carbocycles. The lowest BCUT2D eigenvalue weighted by Crippen LogP contribution is -2.35. The van der Waals surface area contributed by atoms with E-state index in [0.29, 0.717) is 30.3 Å². The lowest BCUT2D eigenvalue weighted by molar-refractivity contribution is -0.0317. The summed E-state index contributed by atoms with van der Waals surface area (Å²) in [5.74, 6) is 0.519. The molecule has 1 unspecified atom stereocenters. The molecule has 2 bridgehead atoms. The summed E-state index contributed by atoms with van der Waals surface area (Å²) < 4.78 is 36.0. The number of hydroxylamine groups is 2. The molecule has 2 aliphatic rings. The van der Waals surface area contributed by atoms with Crippen LogP contribution in [0.4, 0.5) is 4.79 Å². The Bertz CT molecular complexity index is 644. The maximum Gasteiger partial charge on any atom is 0.418 e. The van der Waals surface area contributed by atoms with Crippen molar-refractivity contribution < 1.29 is 22.0 Å². The number of carbonyl (C=O) groups is 1. The van der Waals surface area contributed by atoms with Gasteiger partial charge in [-0.25, -0.2) is 9.48 Å². The number of aryl methyl sites for hydroxylation is 1. The van der Waals surface area contributed by atoms with Crippen LogP contribution in [-0.2, 0) is 21.7 Å². The molecule has 0 aliphatic carbocycles. The largest absolute Gasteiger partial charge is 0.418 e. The molecule has 12 heteroatoms. The lowest BCUT2D eigenvalue weighted by Gasteiger charge is -2.28. The summed E-state index contributed by atoms with van der Waals surface area (Å²) >= 11 is 0. The summed E-state index contributed by atoms with van der Waals surface area (Å²) in [5.41, 5.74) is 0. The fourth-order valence-electron chi connectivity index (χ4n) is 2.62. The number of nitrogens with zero attached hydrogens (tertiary/aromatic N) is 6. The van der Waals surface area contributed by atoms with Crippen LogP contribution >= 0.6 is 0 Å². The maximum atomic E-state index is 12.2. The van der Waals surface area contributed by atoms with Gasteiger partial charge < -0.3 is 4.90 Å². The first-order valence-electron chi connectivity index (χ1n) is 5.86. The zero-order valence-electron chi connectivity index (χ0n) is 10.4. The summed E-state index contributed by atoms with van der Waals surface area (Å²) in [7, 11) is -3.06. The number of piperidine rings is 1. The molecular weight excluding hydrogens is 292 g/mol. The first kappa shape index (κ1) is 13.2. The Morgan fingerprint density at radius 1 is 1.40 bits per heavy atom. The predicted octanol–water partition coefficient (Wildman–Crippen LogP) is -1.11. The number of aromatic nitrogens is 4. The van der Waals surface area contributed by atoms with Crippen LogP contribution in [0.25, 0.3) is 0 Å². The van der Waals surface area contributed by atoms with Crippen molar-refractivity contribution in [2.75, 3.05) is 6.54 Å². The van der Waals surface area contributed by atoms with Crippen LogP contribution in [0.5, 0.6) is 0 Å². The van der Waals surface area contributed by atoms with Crippen LogP contribution in [0, 0.1) is 0 Å². The highest BCUT2D eigenvalue weighted by molar-refractivity contribution is 7.80. The topological polar surface area (TPSA) is 131 Å². The molecular formula is C8H12N6O5S. The highest BCUT2D eigenvalue weighted by Crippen LogP contribution is 2.37. The average molecular weight is 304 g/mol. The minimum Gasteiger partial charge on any atom is -0.310 e. The van der Waals surface area contributed by atoms with Gasteiger partial charge in [0.2, 0.25) is 0 Å².